The number of nitrogens with zero attached hydrogens (tertiary/aromatic N) is 2. The average molecular weight is 285 g/mol. The number of likely N-dealkylation sites (N-methyl/N-ethyl adjacent to an activating group) is 3. The first-order chi connectivity index (χ1) is 9.54. The Kier molecular flexibility index (Phi) is 6.95. The van der Waals surface area contributed by atoms with E-state index in [-0.39, 0.29) is 30.3 Å². The van der Waals surface area contributed by atoms with Crippen molar-refractivity contribution >= 4 is 11.8 Å². The van der Waals surface area contributed by atoms with Crippen LogP contribution in [-0.2, 0) is 14.3 Å². The van der Waals surface area contributed by atoms with Gasteiger partial charge < -0.3 is 19.9 Å². The minimum atomic E-state index is -0.190. The second-order valence-corrected chi connectivity index (χ2v) is 5.07. The molecule has 0 aromatic heterocycles. The molecular weight excluding hydrogens is 258 g/mol. The van der Waals surface area contributed by atoms with Gasteiger partial charge in [0.25, 0.3) is 0 Å². The lowest BCUT2D eigenvalue weighted by atomic mass is 10.0. The third-order valence-electron chi connectivity index (χ3n) is 3.73. The lowest BCUT2D eigenvalue weighted by molar-refractivity contribution is -0.141. The molecule has 1 heterocycles. The maximum absolute atomic E-state index is 12.4. The van der Waals surface area contributed by atoms with Gasteiger partial charge in [-0.25, -0.2) is 0 Å². The molecule has 2 unspecified atom stereocenters. The van der Waals surface area contributed by atoms with E-state index >= 15 is 0 Å². The predicted octanol–water partition coefficient (Wildman–Crippen LogP) is -0.0623. The molecule has 6 nitrogen and oxygen atoms in total. The van der Waals surface area contributed by atoms with Gasteiger partial charge in [-0.05, 0) is 20.4 Å². The SMILES string of the molecule is CCNC1COCC1C(=O)N(C)CC(=O)N(CC)CC. The monoisotopic (exact) mass is 285 g/mol. The number of carbonyl (C=O) groups excluding carboxylic acids is 2. The summed E-state index contributed by atoms with van der Waals surface area (Å²) in [6.07, 6.45) is 0. The summed E-state index contributed by atoms with van der Waals surface area (Å²) in [5.41, 5.74) is 0. The lowest BCUT2D eigenvalue weighted by Gasteiger charge is -2.26. The van der Waals surface area contributed by atoms with E-state index in [0.717, 1.165) is 6.54 Å². The molecule has 2 atom stereocenters. The molecular formula is C14H27N3O3. The van der Waals surface area contributed by atoms with E-state index in [9.17, 15) is 9.59 Å². The smallest absolute Gasteiger partial charge is 0.242 e. The van der Waals surface area contributed by atoms with Crippen LogP contribution in [0.15, 0.2) is 0 Å². The normalized spacial score (nSPS) is 21.8. The summed E-state index contributed by atoms with van der Waals surface area (Å²) in [5, 5.41) is 3.26. The molecule has 1 aliphatic heterocycles. The number of ether oxygens (including phenoxy) is 1. The molecule has 1 fully saturated rings. The molecule has 1 N–H and O–H groups in total. The first kappa shape index (κ1) is 16.9. The highest BCUT2D eigenvalue weighted by molar-refractivity contribution is 5.86. The molecule has 2 amide bonds. The van der Waals surface area contributed by atoms with Gasteiger partial charge in [0.05, 0.1) is 25.7 Å². The molecule has 6 heteroatoms. The van der Waals surface area contributed by atoms with Crippen molar-refractivity contribution < 1.29 is 14.3 Å². The van der Waals surface area contributed by atoms with Gasteiger partial charge in [-0.15, -0.1) is 0 Å². The molecule has 0 spiro atoms. The largest absolute Gasteiger partial charge is 0.379 e. The van der Waals surface area contributed by atoms with Crippen molar-refractivity contribution in [2.75, 3.05) is 46.4 Å². The average Bonchev–Trinajstić information content (AvgIpc) is 2.87. The highest BCUT2D eigenvalue weighted by atomic mass is 16.5. The summed E-state index contributed by atoms with van der Waals surface area (Å²) in [7, 11) is 1.69. The second kappa shape index (κ2) is 8.21. The fraction of sp³-hybridized carbons (Fsp3) is 0.857. The van der Waals surface area contributed by atoms with E-state index in [2.05, 4.69) is 5.32 Å². The molecule has 0 bridgehead atoms. The number of hydrogen-bond acceptors (Lipinski definition) is 4. The predicted molar refractivity (Wildman–Crippen MR) is 77.3 cm³/mol. The highest BCUT2D eigenvalue weighted by Crippen LogP contribution is 2.16. The van der Waals surface area contributed by atoms with E-state index in [1.54, 1.807) is 11.9 Å². The molecule has 1 aliphatic rings. The van der Waals surface area contributed by atoms with Crippen molar-refractivity contribution in [2.45, 2.75) is 26.8 Å². The van der Waals surface area contributed by atoms with Crippen LogP contribution < -0.4 is 5.32 Å². The molecule has 0 aliphatic carbocycles. The van der Waals surface area contributed by atoms with Crippen molar-refractivity contribution in [3.05, 3.63) is 0 Å². The molecule has 116 valence electrons. The minimum absolute atomic E-state index is 0.00948. The van der Waals surface area contributed by atoms with Crippen LogP contribution in [0.5, 0.6) is 0 Å². The lowest BCUT2D eigenvalue weighted by Crippen LogP contribution is -2.47. The molecule has 0 aromatic rings. The highest BCUT2D eigenvalue weighted by Gasteiger charge is 2.35. The van der Waals surface area contributed by atoms with Crippen molar-refractivity contribution in [3.63, 3.8) is 0 Å². The standard InChI is InChI=1S/C14H27N3O3/c1-5-15-12-10-20-9-11(12)14(19)16(4)8-13(18)17(6-2)7-3/h11-12,15H,5-10H2,1-4H3. The Labute approximate surface area is 121 Å². The Morgan fingerprint density at radius 3 is 2.40 bits per heavy atom. The van der Waals surface area contributed by atoms with Gasteiger partial charge in [0, 0.05) is 26.2 Å². The van der Waals surface area contributed by atoms with Gasteiger partial charge >= 0.3 is 0 Å². The molecule has 0 saturated carbocycles. The zero-order valence-electron chi connectivity index (χ0n) is 13.0. The fourth-order valence-corrected chi connectivity index (χ4v) is 2.50. The Bertz CT molecular complexity index is 332. The van der Waals surface area contributed by atoms with Crippen molar-refractivity contribution in [3.8, 4) is 0 Å². The first-order valence-electron chi connectivity index (χ1n) is 7.38. The van der Waals surface area contributed by atoms with Crippen LogP contribution in [0.25, 0.3) is 0 Å². The first-order valence-corrected chi connectivity index (χ1v) is 7.38. The number of hydrogen-bond donors (Lipinski definition) is 1. The summed E-state index contributed by atoms with van der Waals surface area (Å²) in [4.78, 5) is 27.7. The number of carbonyl (C=O) groups is 2. The molecule has 20 heavy (non-hydrogen) atoms. The number of amides is 2. The third-order valence-corrected chi connectivity index (χ3v) is 3.73. The van der Waals surface area contributed by atoms with Crippen molar-refractivity contribution in [1.29, 1.82) is 0 Å². The fourth-order valence-electron chi connectivity index (χ4n) is 2.50. The molecule has 1 saturated heterocycles. The van der Waals surface area contributed by atoms with Gasteiger partial charge in [0.1, 0.15) is 0 Å². The maximum Gasteiger partial charge on any atom is 0.242 e. The Morgan fingerprint density at radius 2 is 1.85 bits per heavy atom. The summed E-state index contributed by atoms with van der Waals surface area (Å²) in [5.74, 6) is -0.219. The molecule has 1 rings (SSSR count). The zero-order chi connectivity index (χ0) is 15.1. The van der Waals surface area contributed by atoms with Crippen LogP contribution in [0, 0.1) is 5.92 Å². The third kappa shape index (κ3) is 4.18. The van der Waals surface area contributed by atoms with E-state index in [4.69, 9.17) is 4.74 Å². The summed E-state index contributed by atoms with van der Waals surface area (Å²) in [6, 6.07) is 0.0542. The summed E-state index contributed by atoms with van der Waals surface area (Å²) < 4.78 is 5.38. The van der Waals surface area contributed by atoms with Gasteiger partial charge in [0.15, 0.2) is 0 Å². The van der Waals surface area contributed by atoms with E-state index in [1.165, 1.54) is 4.90 Å². The quantitative estimate of drug-likeness (QED) is 0.712. The van der Waals surface area contributed by atoms with Gasteiger partial charge in [-0.3, -0.25) is 9.59 Å². The Morgan fingerprint density at radius 1 is 1.20 bits per heavy atom. The number of nitrogens with one attached hydrogen (secondary N) is 1. The van der Waals surface area contributed by atoms with Gasteiger partial charge in [-0.1, -0.05) is 6.92 Å². The van der Waals surface area contributed by atoms with E-state index in [1.807, 2.05) is 20.8 Å². The maximum atomic E-state index is 12.4. The Hall–Kier alpha value is -1.14. The summed E-state index contributed by atoms with van der Waals surface area (Å²) >= 11 is 0. The van der Waals surface area contributed by atoms with E-state index < -0.39 is 0 Å². The zero-order valence-corrected chi connectivity index (χ0v) is 13.0. The van der Waals surface area contributed by atoms with Crippen LogP contribution in [0.1, 0.15) is 20.8 Å². The minimum Gasteiger partial charge on any atom is -0.379 e. The second-order valence-electron chi connectivity index (χ2n) is 5.07. The van der Waals surface area contributed by atoms with Crippen LogP contribution in [0.2, 0.25) is 0 Å². The topological polar surface area (TPSA) is 61.9 Å². The van der Waals surface area contributed by atoms with Gasteiger partial charge in [0.2, 0.25) is 11.8 Å². The van der Waals surface area contributed by atoms with Crippen molar-refractivity contribution in [2.24, 2.45) is 5.92 Å². The van der Waals surface area contributed by atoms with Crippen LogP contribution >= 0.6 is 0 Å². The Balaban J connectivity index is 2.56. The van der Waals surface area contributed by atoms with Crippen LogP contribution in [-0.4, -0.2) is 74.1 Å². The van der Waals surface area contributed by atoms with Crippen LogP contribution in [0.4, 0.5) is 0 Å². The molecule has 0 aromatic carbocycles. The number of rotatable bonds is 7. The summed E-state index contributed by atoms with van der Waals surface area (Å²) in [6.45, 7) is 9.16. The van der Waals surface area contributed by atoms with Crippen LogP contribution in [0.3, 0.4) is 0 Å². The van der Waals surface area contributed by atoms with Crippen molar-refractivity contribution in [1.82, 2.24) is 15.1 Å². The van der Waals surface area contributed by atoms with E-state index in [0.29, 0.717) is 26.3 Å². The molecule has 0 radical (unpaired) electrons. The van der Waals surface area contributed by atoms with Gasteiger partial charge in [-0.2, -0.15) is 0 Å².